The summed E-state index contributed by atoms with van der Waals surface area (Å²) in [5.74, 6) is 0.426. The first-order valence-electron chi connectivity index (χ1n) is 7.31. The third-order valence-corrected chi connectivity index (χ3v) is 5.71. The zero-order valence-corrected chi connectivity index (χ0v) is 15.0. The normalized spacial score (nSPS) is 11.8. The van der Waals surface area contributed by atoms with Gasteiger partial charge in [0.1, 0.15) is 11.2 Å². The van der Waals surface area contributed by atoms with Crippen LogP contribution in [-0.2, 0) is 11.0 Å². The van der Waals surface area contributed by atoms with Crippen molar-refractivity contribution in [3.05, 3.63) is 41.7 Å². The molecule has 0 saturated heterocycles. The first-order valence-corrected chi connectivity index (χ1v) is 9.92. The topological polar surface area (TPSA) is 92.5 Å². The smallest absolute Gasteiger partial charge is 0.325 e. The minimum absolute atomic E-state index is 0.226. The van der Waals surface area contributed by atoms with Crippen LogP contribution in [0, 0.1) is 6.92 Å². The molecule has 0 spiro atoms. The van der Waals surface area contributed by atoms with Crippen LogP contribution in [0.2, 0.25) is 0 Å². The second-order valence-corrected chi connectivity index (χ2v) is 8.25. The van der Waals surface area contributed by atoms with E-state index < -0.39 is 7.60 Å². The second-order valence-electron chi connectivity index (χ2n) is 5.48. The number of benzene rings is 1. The number of hydrogen-bond acceptors (Lipinski definition) is 5. The third kappa shape index (κ3) is 3.49. The van der Waals surface area contributed by atoms with E-state index in [0.29, 0.717) is 5.88 Å². The van der Waals surface area contributed by atoms with E-state index in [1.807, 2.05) is 31.2 Å². The number of methoxy groups -OCH3 is 1. The Morgan fingerprint density at radius 2 is 1.92 bits per heavy atom. The summed E-state index contributed by atoms with van der Waals surface area (Å²) in [6.07, 6.45) is 1.44. The van der Waals surface area contributed by atoms with Crippen molar-refractivity contribution in [2.45, 2.75) is 13.3 Å². The summed E-state index contributed by atoms with van der Waals surface area (Å²) in [6.45, 7) is 2.01. The standard InChI is InChI=1S/C16H17N2O4PS/c1-10-3-5-11(6-4-10)14-12(7-8-23(19,20)21)13-15(22-2)17-9-18-16(13)24-14/h3-6,9H,7-8H2,1-2H3,(H2,19,20,21). The van der Waals surface area contributed by atoms with Gasteiger partial charge < -0.3 is 14.5 Å². The van der Waals surface area contributed by atoms with E-state index >= 15 is 0 Å². The van der Waals surface area contributed by atoms with Crippen LogP contribution in [0.3, 0.4) is 0 Å². The Morgan fingerprint density at radius 3 is 2.54 bits per heavy atom. The Morgan fingerprint density at radius 1 is 1.21 bits per heavy atom. The largest absolute Gasteiger partial charge is 0.480 e. The maximum atomic E-state index is 11.3. The highest BCUT2D eigenvalue weighted by Gasteiger charge is 2.22. The van der Waals surface area contributed by atoms with Crippen molar-refractivity contribution >= 4 is 29.1 Å². The Hall–Kier alpha value is -1.79. The van der Waals surface area contributed by atoms with Crippen LogP contribution in [0.5, 0.6) is 5.88 Å². The Bertz CT molecular complexity index is 918. The van der Waals surface area contributed by atoms with Gasteiger partial charge in [0.15, 0.2) is 0 Å². The van der Waals surface area contributed by atoms with E-state index in [4.69, 9.17) is 4.74 Å². The second kappa shape index (κ2) is 6.61. The van der Waals surface area contributed by atoms with E-state index in [1.165, 1.54) is 24.8 Å². The highest BCUT2D eigenvalue weighted by Crippen LogP contribution is 2.43. The summed E-state index contributed by atoms with van der Waals surface area (Å²) >= 11 is 1.48. The van der Waals surface area contributed by atoms with E-state index in [-0.39, 0.29) is 12.6 Å². The molecule has 0 amide bonds. The number of nitrogens with zero attached hydrogens (tertiary/aromatic N) is 2. The average Bonchev–Trinajstić information content (AvgIpc) is 2.91. The lowest BCUT2D eigenvalue weighted by atomic mass is 10.0. The molecule has 126 valence electrons. The van der Waals surface area contributed by atoms with Crippen molar-refractivity contribution in [2.24, 2.45) is 0 Å². The van der Waals surface area contributed by atoms with E-state index in [0.717, 1.165) is 31.8 Å². The molecule has 3 aromatic rings. The molecule has 0 radical (unpaired) electrons. The highest BCUT2D eigenvalue weighted by molar-refractivity contribution is 7.51. The lowest BCUT2D eigenvalue weighted by Gasteiger charge is -2.08. The summed E-state index contributed by atoms with van der Waals surface area (Å²) < 4.78 is 16.7. The number of hydrogen-bond donors (Lipinski definition) is 2. The van der Waals surface area contributed by atoms with Crippen molar-refractivity contribution in [3.63, 3.8) is 0 Å². The molecule has 24 heavy (non-hydrogen) atoms. The number of fused-ring (bicyclic) bond motifs is 1. The van der Waals surface area contributed by atoms with Crippen molar-refractivity contribution in [3.8, 4) is 16.3 Å². The maximum Gasteiger partial charge on any atom is 0.325 e. The Labute approximate surface area is 143 Å². The van der Waals surface area contributed by atoms with Gasteiger partial charge in [-0.2, -0.15) is 0 Å². The van der Waals surface area contributed by atoms with Gasteiger partial charge in [0.2, 0.25) is 5.88 Å². The van der Waals surface area contributed by atoms with Gasteiger partial charge in [0.05, 0.1) is 18.7 Å². The summed E-state index contributed by atoms with van der Waals surface area (Å²) in [5, 5.41) is 0.731. The van der Waals surface area contributed by atoms with Gasteiger partial charge in [-0.05, 0) is 24.5 Å². The first kappa shape index (κ1) is 17.0. The van der Waals surface area contributed by atoms with Gasteiger partial charge in [0, 0.05) is 4.88 Å². The van der Waals surface area contributed by atoms with Crippen LogP contribution in [0.25, 0.3) is 20.7 Å². The predicted molar refractivity (Wildman–Crippen MR) is 94.8 cm³/mol. The molecule has 0 aliphatic carbocycles. The average molecular weight is 364 g/mol. The molecule has 0 aliphatic rings. The summed E-state index contributed by atoms with van der Waals surface area (Å²) in [4.78, 5) is 28.6. The highest BCUT2D eigenvalue weighted by atomic mass is 32.1. The number of ether oxygens (including phenoxy) is 1. The molecule has 0 atom stereocenters. The molecule has 0 fully saturated rings. The minimum Gasteiger partial charge on any atom is -0.480 e. The number of aromatic nitrogens is 2. The summed E-state index contributed by atoms with van der Waals surface area (Å²) in [5.41, 5.74) is 2.96. The van der Waals surface area contributed by atoms with Crippen LogP contribution in [0.1, 0.15) is 11.1 Å². The monoisotopic (exact) mass is 364 g/mol. The van der Waals surface area contributed by atoms with Crippen LogP contribution in [0.15, 0.2) is 30.6 Å². The molecule has 6 nitrogen and oxygen atoms in total. The molecule has 0 saturated carbocycles. The molecule has 2 aromatic heterocycles. The van der Waals surface area contributed by atoms with Gasteiger partial charge in [-0.15, -0.1) is 11.3 Å². The molecular formula is C16H17N2O4PS. The van der Waals surface area contributed by atoms with Crippen LogP contribution >= 0.6 is 18.9 Å². The van der Waals surface area contributed by atoms with Crippen LogP contribution < -0.4 is 4.74 Å². The molecule has 0 aliphatic heterocycles. The van der Waals surface area contributed by atoms with Crippen molar-refractivity contribution in [1.82, 2.24) is 9.97 Å². The van der Waals surface area contributed by atoms with E-state index in [1.54, 1.807) is 0 Å². The fourth-order valence-electron chi connectivity index (χ4n) is 2.55. The molecule has 0 bridgehead atoms. The SMILES string of the molecule is COc1ncnc2sc(-c3ccc(C)cc3)c(CCP(=O)(O)O)c12. The van der Waals surface area contributed by atoms with Gasteiger partial charge >= 0.3 is 7.60 Å². The Kier molecular flexibility index (Phi) is 4.69. The minimum atomic E-state index is -4.10. The lowest BCUT2D eigenvalue weighted by molar-refractivity contribution is 0.373. The predicted octanol–water partition coefficient (Wildman–Crippen LogP) is 3.40. The van der Waals surface area contributed by atoms with E-state index in [2.05, 4.69) is 9.97 Å². The molecule has 3 rings (SSSR count). The van der Waals surface area contributed by atoms with Gasteiger partial charge in [-0.3, -0.25) is 4.57 Å². The van der Waals surface area contributed by atoms with E-state index in [9.17, 15) is 14.4 Å². The molecule has 2 N–H and O–H groups in total. The molecule has 8 heteroatoms. The van der Waals surface area contributed by atoms with Crippen molar-refractivity contribution < 1.29 is 19.1 Å². The fourth-order valence-corrected chi connectivity index (χ4v) is 4.25. The van der Waals surface area contributed by atoms with Crippen molar-refractivity contribution in [2.75, 3.05) is 13.3 Å². The van der Waals surface area contributed by atoms with Gasteiger partial charge in [0.25, 0.3) is 0 Å². The number of thiophene rings is 1. The van der Waals surface area contributed by atoms with Crippen molar-refractivity contribution in [1.29, 1.82) is 0 Å². The first-order chi connectivity index (χ1) is 11.4. The fraction of sp³-hybridized carbons (Fsp3) is 0.250. The molecule has 2 heterocycles. The Balaban J connectivity index is 2.20. The van der Waals surface area contributed by atoms with Crippen LogP contribution in [0.4, 0.5) is 0 Å². The quantitative estimate of drug-likeness (QED) is 0.674. The zero-order valence-electron chi connectivity index (χ0n) is 13.3. The number of aryl methyl sites for hydroxylation is 2. The van der Waals surface area contributed by atoms with Gasteiger partial charge in [-0.25, -0.2) is 9.97 Å². The number of rotatable bonds is 5. The third-order valence-electron chi connectivity index (χ3n) is 3.71. The summed E-state index contributed by atoms with van der Waals surface area (Å²) in [7, 11) is -2.58. The zero-order chi connectivity index (χ0) is 17.3. The molecule has 0 unspecified atom stereocenters. The lowest BCUT2D eigenvalue weighted by Crippen LogP contribution is -1.97. The molecule has 1 aromatic carbocycles. The maximum absolute atomic E-state index is 11.3. The molecular weight excluding hydrogens is 347 g/mol. The van der Waals surface area contributed by atoms with Crippen LogP contribution in [-0.4, -0.2) is 33.0 Å². The van der Waals surface area contributed by atoms with Gasteiger partial charge in [-0.1, -0.05) is 29.8 Å². The summed E-state index contributed by atoms with van der Waals surface area (Å²) in [6, 6.07) is 8.02.